The van der Waals surface area contributed by atoms with E-state index >= 15 is 0 Å². The number of hydrogen-bond donors (Lipinski definition) is 2. The highest BCUT2D eigenvalue weighted by atomic mass is 35.5. The van der Waals surface area contributed by atoms with Gasteiger partial charge in [-0.1, -0.05) is 23.2 Å². The zero-order chi connectivity index (χ0) is 15.4. The van der Waals surface area contributed by atoms with E-state index in [1.807, 2.05) is 14.0 Å². The van der Waals surface area contributed by atoms with Gasteiger partial charge in [0.05, 0.1) is 16.8 Å². The summed E-state index contributed by atoms with van der Waals surface area (Å²) in [7, 11) is 1.96. The molecule has 0 radical (unpaired) electrons. The fourth-order valence-corrected chi connectivity index (χ4v) is 3.04. The van der Waals surface area contributed by atoms with E-state index in [9.17, 15) is 4.79 Å². The molecule has 1 aromatic carbocycles. The number of nitrogens with one attached hydrogen (secondary N) is 2. The number of carbonyl (C=O) groups is 1. The molecule has 0 aliphatic carbocycles. The van der Waals surface area contributed by atoms with E-state index in [1.54, 1.807) is 18.2 Å². The van der Waals surface area contributed by atoms with Gasteiger partial charge in [-0.25, -0.2) is 0 Å². The first-order valence-corrected chi connectivity index (χ1v) is 7.94. The first-order chi connectivity index (χ1) is 10.0. The molecule has 22 heavy (non-hydrogen) atoms. The van der Waals surface area contributed by atoms with Crippen molar-refractivity contribution in [3.8, 4) is 0 Å². The molecule has 0 bridgehead atoms. The SMILES string of the molecule is CNC1CCCN(C(C)C(=O)Nc2ccc(Cl)cc2Cl)C1.Cl. The van der Waals surface area contributed by atoms with Crippen LogP contribution in [0.5, 0.6) is 0 Å². The lowest BCUT2D eigenvalue weighted by atomic mass is 10.0. The van der Waals surface area contributed by atoms with Crippen LogP contribution in [0.2, 0.25) is 10.0 Å². The smallest absolute Gasteiger partial charge is 0.241 e. The van der Waals surface area contributed by atoms with Gasteiger partial charge in [-0.2, -0.15) is 0 Å². The summed E-state index contributed by atoms with van der Waals surface area (Å²) in [5.41, 5.74) is 0.597. The first kappa shape index (κ1) is 19.5. The van der Waals surface area contributed by atoms with Crippen LogP contribution in [0, 0.1) is 0 Å². The van der Waals surface area contributed by atoms with Crippen molar-refractivity contribution in [1.29, 1.82) is 0 Å². The predicted octanol–water partition coefficient (Wildman–Crippen LogP) is 3.43. The van der Waals surface area contributed by atoms with E-state index in [0.29, 0.717) is 21.8 Å². The molecule has 124 valence electrons. The van der Waals surface area contributed by atoms with Crippen molar-refractivity contribution in [2.45, 2.75) is 31.8 Å². The summed E-state index contributed by atoms with van der Waals surface area (Å²) in [4.78, 5) is 14.6. The van der Waals surface area contributed by atoms with Crippen LogP contribution < -0.4 is 10.6 Å². The van der Waals surface area contributed by atoms with Crippen molar-refractivity contribution in [2.75, 3.05) is 25.5 Å². The van der Waals surface area contributed by atoms with E-state index in [-0.39, 0.29) is 24.4 Å². The number of rotatable bonds is 4. The van der Waals surface area contributed by atoms with Gasteiger partial charge in [0.15, 0.2) is 0 Å². The van der Waals surface area contributed by atoms with Gasteiger partial charge in [-0.15, -0.1) is 12.4 Å². The maximum absolute atomic E-state index is 12.4. The molecule has 1 aliphatic heterocycles. The van der Waals surface area contributed by atoms with Crippen molar-refractivity contribution in [1.82, 2.24) is 10.2 Å². The molecular formula is C15H22Cl3N3O. The number of carbonyl (C=O) groups excluding carboxylic acids is 1. The Balaban J connectivity index is 0.00000242. The fraction of sp³-hybridized carbons (Fsp3) is 0.533. The molecule has 2 atom stereocenters. The van der Waals surface area contributed by atoms with Gasteiger partial charge in [0, 0.05) is 17.6 Å². The quantitative estimate of drug-likeness (QED) is 0.858. The highest BCUT2D eigenvalue weighted by Crippen LogP contribution is 2.25. The summed E-state index contributed by atoms with van der Waals surface area (Å²) in [5, 5.41) is 7.17. The number of benzene rings is 1. The van der Waals surface area contributed by atoms with Crippen molar-refractivity contribution in [3.63, 3.8) is 0 Å². The predicted molar refractivity (Wildman–Crippen MR) is 95.5 cm³/mol. The number of hydrogen-bond acceptors (Lipinski definition) is 3. The number of piperidine rings is 1. The largest absolute Gasteiger partial charge is 0.323 e. The van der Waals surface area contributed by atoms with Crippen LogP contribution in [0.1, 0.15) is 19.8 Å². The highest BCUT2D eigenvalue weighted by molar-refractivity contribution is 6.36. The molecular weight excluding hydrogens is 345 g/mol. The Hall–Kier alpha value is -0.520. The second-order valence-corrected chi connectivity index (χ2v) is 6.26. The topological polar surface area (TPSA) is 44.4 Å². The summed E-state index contributed by atoms with van der Waals surface area (Å²) in [6, 6.07) is 5.33. The van der Waals surface area contributed by atoms with Gasteiger partial charge in [0.1, 0.15) is 0 Å². The van der Waals surface area contributed by atoms with Crippen molar-refractivity contribution in [2.24, 2.45) is 0 Å². The van der Waals surface area contributed by atoms with E-state index in [4.69, 9.17) is 23.2 Å². The Bertz CT molecular complexity index is 513. The first-order valence-electron chi connectivity index (χ1n) is 7.18. The number of likely N-dealkylation sites (tertiary alicyclic amines) is 1. The Labute approximate surface area is 147 Å². The second-order valence-electron chi connectivity index (χ2n) is 5.41. The Morgan fingerprint density at radius 1 is 1.41 bits per heavy atom. The molecule has 0 spiro atoms. The molecule has 2 N–H and O–H groups in total. The van der Waals surface area contributed by atoms with Crippen LogP contribution in [0.4, 0.5) is 5.69 Å². The fourth-order valence-electron chi connectivity index (χ4n) is 2.59. The van der Waals surface area contributed by atoms with E-state index in [1.165, 1.54) is 0 Å². The van der Waals surface area contributed by atoms with E-state index in [0.717, 1.165) is 25.9 Å². The second kappa shape index (κ2) is 8.94. The lowest BCUT2D eigenvalue weighted by Gasteiger charge is -2.36. The van der Waals surface area contributed by atoms with Gasteiger partial charge in [-0.05, 0) is 51.6 Å². The number of anilines is 1. The maximum Gasteiger partial charge on any atom is 0.241 e. The Morgan fingerprint density at radius 3 is 2.77 bits per heavy atom. The summed E-state index contributed by atoms with van der Waals surface area (Å²) in [6.07, 6.45) is 2.26. The summed E-state index contributed by atoms with van der Waals surface area (Å²) >= 11 is 11.9. The number of halogens is 3. The van der Waals surface area contributed by atoms with Crippen molar-refractivity contribution < 1.29 is 4.79 Å². The monoisotopic (exact) mass is 365 g/mol. The molecule has 2 rings (SSSR count). The van der Waals surface area contributed by atoms with Crippen molar-refractivity contribution >= 4 is 47.2 Å². The third-order valence-corrected chi connectivity index (χ3v) is 4.53. The van der Waals surface area contributed by atoms with Crippen LogP contribution in [-0.2, 0) is 4.79 Å². The van der Waals surface area contributed by atoms with Crippen molar-refractivity contribution in [3.05, 3.63) is 28.2 Å². The van der Waals surface area contributed by atoms with Crippen LogP contribution in [0.3, 0.4) is 0 Å². The molecule has 7 heteroatoms. The third kappa shape index (κ3) is 5.00. The number of likely N-dealkylation sites (N-methyl/N-ethyl adjacent to an activating group) is 1. The molecule has 0 saturated carbocycles. The summed E-state index contributed by atoms with van der Waals surface area (Å²) in [6.45, 7) is 3.76. The van der Waals surface area contributed by atoms with Crippen LogP contribution in [-0.4, -0.2) is 43.0 Å². The van der Waals surface area contributed by atoms with Gasteiger partial charge in [0.25, 0.3) is 0 Å². The molecule has 1 fully saturated rings. The van der Waals surface area contributed by atoms with Gasteiger partial charge < -0.3 is 10.6 Å². The molecule has 1 saturated heterocycles. The molecule has 2 unspecified atom stereocenters. The molecule has 1 aromatic rings. The highest BCUT2D eigenvalue weighted by Gasteiger charge is 2.26. The van der Waals surface area contributed by atoms with Crippen LogP contribution in [0.25, 0.3) is 0 Å². The average molecular weight is 367 g/mol. The number of nitrogens with zero attached hydrogens (tertiary/aromatic N) is 1. The number of amides is 1. The Kier molecular flexibility index (Phi) is 7.94. The standard InChI is InChI=1S/C15H21Cl2N3O.ClH/c1-10(20-7-3-4-12(9-20)18-2)15(21)19-14-6-5-11(16)8-13(14)17;/h5-6,8,10,12,18H,3-4,7,9H2,1-2H3,(H,19,21);1H. The van der Waals surface area contributed by atoms with Crippen LogP contribution >= 0.6 is 35.6 Å². The molecule has 1 amide bonds. The maximum atomic E-state index is 12.4. The van der Waals surface area contributed by atoms with Gasteiger partial charge >= 0.3 is 0 Å². The molecule has 1 aliphatic rings. The van der Waals surface area contributed by atoms with Gasteiger partial charge in [0.2, 0.25) is 5.91 Å². The van der Waals surface area contributed by atoms with Crippen LogP contribution in [0.15, 0.2) is 18.2 Å². The Morgan fingerprint density at radius 2 is 2.14 bits per heavy atom. The molecule has 4 nitrogen and oxygen atoms in total. The average Bonchev–Trinajstić information content (AvgIpc) is 2.49. The van der Waals surface area contributed by atoms with E-state index in [2.05, 4.69) is 15.5 Å². The minimum Gasteiger partial charge on any atom is -0.323 e. The minimum atomic E-state index is -0.187. The van der Waals surface area contributed by atoms with E-state index < -0.39 is 0 Å². The minimum absolute atomic E-state index is 0. The zero-order valence-electron chi connectivity index (χ0n) is 12.7. The summed E-state index contributed by atoms with van der Waals surface area (Å²) in [5.74, 6) is -0.0454. The third-order valence-electron chi connectivity index (χ3n) is 3.98. The van der Waals surface area contributed by atoms with Gasteiger partial charge in [-0.3, -0.25) is 9.69 Å². The lowest BCUT2D eigenvalue weighted by Crippen LogP contribution is -2.51. The zero-order valence-corrected chi connectivity index (χ0v) is 15.1. The normalized spacial score (nSPS) is 20.1. The summed E-state index contributed by atoms with van der Waals surface area (Å²) < 4.78 is 0. The molecule has 1 heterocycles. The molecule has 0 aromatic heterocycles. The lowest BCUT2D eigenvalue weighted by molar-refractivity contribution is -0.121.